The quantitative estimate of drug-likeness (QED) is 0.695. The summed E-state index contributed by atoms with van der Waals surface area (Å²) in [5.74, 6) is 0. The molecule has 74 valence electrons. The van der Waals surface area contributed by atoms with Gasteiger partial charge in [0.25, 0.3) is 5.56 Å². The molecular formula is C7H4F3N3O. The SMILES string of the molecule is O=c1cc(C(F)(F)F)[nH]c2ccnn12. The minimum absolute atomic E-state index is 0.0184. The number of rotatable bonds is 0. The predicted molar refractivity (Wildman–Crippen MR) is 40.8 cm³/mol. The van der Waals surface area contributed by atoms with Crippen molar-refractivity contribution in [2.45, 2.75) is 6.18 Å². The number of fused-ring (bicyclic) bond motifs is 1. The molecule has 0 saturated carbocycles. The van der Waals surface area contributed by atoms with E-state index in [4.69, 9.17) is 0 Å². The third-order valence-corrected chi connectivity index (χ3v) is 1.69. The van der Waals surface area contributed by atoms with E-state index in [1.54, 1.807) is 0 Å². The zero-order valence-electron chi connectivity index (χ0n) is 6.67. The van der Waals surface area contributed by atoms with Crippen LogP contribution in [0, 0.1) is 0 Å². The molecule has 0 amide bonds. The summed E-state index contributed by atoms with van der Waals surface area (Å²) in [7, 11) is 0. The van der Waals surface area contributed by atoms with Crippen molar-refractivity contribution in [3.63, 3.8) is 0 Å². The fraction of sp³-hybridized carbons (Fsp3) is 0.143. The Morgan fingerprint density at radius 1 is 1.43 bits per heavy atom. The summed E-state index contributed by atoms with van der Waals surface area (Å²) in [4.78, 5) is 13.2. The first-order valence-electron chi connectivity index (χ1n) is 3.63. The highest BCUT2D eigenvalue weighted by atomic mass is 19.4. The lowest BCUT2D eigenvalue weighted by Crippen LogP contribution is -2.19. The van der Waals surface area contributed by atoms with E-state index in [2.05, 4.69) is 10.1 Å². The third-order valence-electron chi connectivity index (χ3n) is 1.69. The molecule has 0 unspecified atom stereocenters. The van der Waals surface area contributed by atoms with Crippen LogP contribution in [0.2, 0.25) is 0 Å². The summed E-state index contributed by atoms with van der Waals surface area (Å²) in [5.41, 5.74) is -1.86. The minimum atomic E-state index is -4.55. The Kier molecular flexibility index (Phi) is 1.63. The van der Waals surface area contributed by atoms with Crippen LogP contribution >= 0.6 is 0 Å². The van der Waals surface area contributed by atoms with Crippen LogP contribution in [-0.2, 0) is 6.18 Å². The van der Waals surface area contributed by atoms with Gasteiger partial charge in [0, 0.05) is 12.1 Å². The van der Waals surface area contributed by atoms with Gasteiger partial charge in [0.05, 0.1) is 6.20 Å². The first-order valence-corrected chi connectivity index (χ1v) is 3.63. The molecule has 0 radical (unpaired) electrons. The van der Waals surface area contributed by atoms with E-state index in [1.807, 2.05) is 0 Å². The number of aromatic amines is 1. The van der Waals surface area contributed by atoms with Gasteiger partial charge in [0.2, 0.25) is 0 Å². The largest absolute Gasteiger partial charge is 0.431 e. The van der Waals surface area contributed by atoms with Crippen molar-refractivity contribution >= 4 is 5.65 Å². The molecule has 0 fully saturated rings. The van der Waals surface area contributed by atoms with Gasteiger partial charge in [-0.05, 0) is 0 Å². The van der Waals surface area contributed by atoms with Gasteiger partial charge in [-0.15, -0.1) is 0 Å². The Morgan fingerprint density at radius 3 is 2.79 bits per heavy atom. The second kappa shape index (κ2) is 2.60. The summed E-state index contributed by atoms with van der Waals surface area (Å²) < 4.78 is 37.5. The molecule has 0 bridgehead atoms. The van der Waals surface area contributed by atoms with Crippen molar-refractivity contribution in [1.82, 2.24) is 14.6 Å². The normalized spacial score (nSPS) is 12.2. The monoisotopic (exact) mass is 203 g/mol. The van der Waals surface area contributed by atoms with Crippen molar-refractivity contribution in [3.8, 4) is 0 Å². The molecule has 1 N–H and O–H groups in total. The van der Waals surface area contributed by atoms with Crippen LogP contribution in [0.3, 0.4) is 0 Å². The maximum Gasteiger partial charge on any atom is 0.431 e. The molecule has 2 heterocycles. The van der Waals surface area contributed by atoms with Crippen molar-refractivity contribution in [3.05, 3.63) is 34.4 Å². The molecule has 0 aliphatic rings. The second-order valence-corrected chi connectivity index (χ2v) is 2.65. The van der Waals surface area contributed by atoms with E-state index in [0.717, 1.165) is 4.52 Å². The zero-order chi connectivity index (χ0) is 10.3. The number of H-pyrrole nitrogens is 1. The minimum Gasteiger partial charge on any atom is -0.336 e. The van der Waals surface area contributed by atoms with Crippen LogP contribution in [0.1, 0.15) is 5.69 Å². The average Bonchev–Trinajstić information content (AvgIpc) is 2.50. The van der Waals surface area contributed by atoms with Gasteiger partial charge in [0.1, 0.15) is 11.3 Å². The van der Waals surface area contributed by atoms with Crippen LogP contribution in [0.5, 0.6) is 0 Å². The Balaban J connectivity index is 2.77. The van der Waals surface area contributed by atoms with Gasteiger partial charge in [-0.1, -0.05) is 0 Å². The van der Waals surface area contributed by atoms with Crippen molar-refractivity contribution in [2.24, 2.45) is 0 Å². The molecule has 0 aromatic carbocycles. The number of nitrogens with zero attached hydrogens (tertiary/aromatic N) is 2. The third kappa shape index (κ3) is 1.26. The molecule has 2 aromatic heterocycles. The van der Waals surface area contributed by atoms with E-state index >= 15 is 0 Å². The Morgan fingerprint density at radius 2 is 2.14 bits per heavy atom. The van der Waals surface area contributed by atoms with E-state index in [-0.39, 0.29) is 5.65 Å². The summed E-state index contributed by atoms with van der Waals surface area (Å²) in [6.45, 7) is 0. The van der Waals surface area contributed by atoms with Crippen molar-refractivity contribution in [1.29, 1.82) is 0 Å². The molecule has 2 rings (SSSR count). The van der Waals surface area contributed by atoms with Gasteiger partial charge in [0.15, 0.2) is 0 Å². The van der Waals surface area contributed by atoms with Gasteiger partial charge in [-0.2, -0.15) is 22.8 Å². The fourth-order valence-electron chi connectivity index (χ4n) is 1.09. The molecule has 7 heteroatoms. The van der Waals surface area contributed by atoms with Gasteiger partial charge < -0.3 is 4.98 Å². The first-order chi connectivity index (χ1) is 6.48. The highest BCUT2D eigenvalue weighted by molar-refractivity contribution is 5.36. The number of halogens is 3. The molecule has 4 nitrogen and oxygen atoms in total. The summed E-state index contributed by atoms with van der Waals surface area (Å²) in [6, 6.07) is 1.76. The lowest BCUT2D eigenvalue weighted by atomic mass is 10.4. The van der Waals surface area contributed by atoms with E-state index in [9.17, 15) is 18.0 Å². The van der Waals surface area contributed by atoms with Crippen LogP contribution < -0.4 is 5.56 Å². The van der Waals surface area contributed by atoms with Crippen LogP contribution in [0.25, 0.3) is 5.65 Å². The molecule has 0 atom stereocenters. The van der Waals surface area contributed by atoms with E-state index in [0.29, 0.717) is 6.07 Å². The van der Waals surface area contributed by atoms with Crippen molar-refractivity contribution in [2.75, 3.05) is 0 Å². The fourth-order valence-corrected chi connectivity index (χ4v) is 1.09. The second-order valence-electron chi connectivity index (χ2n) is 2.65. The lowest BCUT2D eigenvalue weighted by Gasteiger charge is -2.05. The van der Waals surface area contributed by atoms with Crippen LogP contribution in [-0.4, -0.2) is 14.6 Å². The summed E-state index contributed by atoms with van der Waals surface area (Å²) in [6.07, 6.45) is -3.31. The van der Waals surface area contributed by atoms with Gasteiger partial charge >= 0.3 is 6.18 Å². The molecule has 0 aliphatic carbocycles. The Hall–Kier alpha value is -1.79. The topological polar surface area (TPSA) is 50.2 Å². The highest BCUT2D eigenvalue weighted by Crippen LogP contribution is 2.26. The standard InChI is InChI=1S/C7H4F3N3O/c8-7(9,10)4-3-6(14)13-5(12-4)1-2-11-13/h1-3,12H. The number of nitrogens with one attached hydrogen (secondary N) is 1. The molecule has 0 saturated heterocycles. The molecule has 0 spiro atoms. The summed E-state index contributed by atoms with van der Waals surface area (Å²) in [5, 5.41) is 3.55. The number of aromatic nitrogens is 3. The van der Waals surface area contributed by atoms with Gasteiger partial charge in [-0.25, -0.2) is 0 Å². The van der Waals surface area contributed by atoms with Crippen LogP contribution in [0.4, 0.5) is 13.2 Å². The maximum atomic E-state index is 12.2. The van der Waals surface area contributed by atoms with Gasteiger partial charge in [-0.3, -0.25) is 4.79 Å². The number of alkyl halides is 3. The van der Waals surface area contributed by atoms with E-state index < -0.39 is 17.4 Å². The van der Waals surface area contributed by atoms with E-state index in [1.165, 1.54) is 12.3 Å². The maximum absolute atomic E-state index is 12.2. The average molecular weight is 203 g/mol. The molecular weight excluding hydrogens is 199 g/mol. The smallest absolute Gasteiger partial charge is 0.336 e. The molecule has 14 heavy (non-hydrogen) atoms. The Labute approximate surface area is 75.0 Å². The Bertz CT molecular complexity index is 525. The zero-order valence-corrected chi connectivity index (χ0v) is 6.67. The lowest BCUT2D eigenvalue weighted by molar-refractivity contribution is -0.141. The summed E-state index contributed by atoms with van der Waals surface area (Å²) >= 11 is 0. The highest BCUT2D eigenvalue weighted by Gasteiger charge is 2.32. The molecule has 2 aromatic rings. The molecule has 0 aliphatic heterocycles. The van der Waals surface area contributed by atoms with Crippen LogP contribution in [0.15, 0.2) is 23.1 Å². The number of hydrogen-bond donors (Lipinski definition) is 1. The number of hydrogen-bond acceptors (Lipinski definition) is 2. The first kappa shape index (κ1) is 8.79. The predicted octanol–water partition coefficient (Wildman–Crippen LogP) is 1.04. The van der Waals surface area contributed by atoms with Crippen molar-refractivity contribution < 1.29 is 13.2 Å².